The molecule has 4 rings (SSSR count). The lowest BCUT2D eigenvalue weighted by atomic mass is 9.97. The summed E-state index contributed by atoms with van der Waals surface area (Å²) in [6.07, 6.45) is 2.24. The molecule has 2 saturated heterocycles. The summed E-state index contributed by atoms with van der Waals surface area (Å²) in [5.74, 6) is 0.622. The lowest BCUT2D eigenvalue weighted by Gasteiger charge is -2.28. The number of nitrogens with zero attached hydrogens (tertiary/aromatic N) is 1. The van der Waals surface area contributed by atoms with E-state index in [-0.39, 0.29) is 5.91 Å². The van der Waals surface area contributed by atoms with Gasteiger partial charge in [0.2, 0.25) is 0 Å². The highest BCUT2D eigenvalue weighted by Gasteiger charge is 2.16. The highest BCUT2D eigenvalue weighted by molar-refractivity contribution is 6.04. The molecule has 2 aliphatic rings. The van der Waals surface area contributed by atoms with Crippen LogP contribution in [-0.2, 0) is 11.2 Å². The van der Waals surface area contributed by atoms with E-state index in [0.29, 0.717) is 5.92 Å². The van der Waals surface area contributed by atoms with Gasteiger partial charge in [-0.25, -0.2) is 0 Å². The van der Waals surface area contributed by atoms with Crippen molar-refractivity contribution < 1.29 is 9.53 Å². The Hall–Kier alpha value is -2.37. The van der Waals surface area contributed by atoms with Gasteiger partial charge in [0.25, 0.3) is 5.91 Å². The van der Waals surface area contributed by atoms with Crippen molar-refractivity contribution in [1.29, 1.82) is 0 Å². The van der Waals surface area contributed by atoms with Crippen LogP contribution in [0.1, 0.15) is 22.3 Å². The Morgan fingerprint density at radius 3 is 2.70 bits per heavy atom. The zero-order valence-corrected chi connectivity index (χ0v) is 15.6. The highest BCUT2D eigenvalue weighted by atomic mass is 16.5. The van der Waals surface area contributed by atoms with Crippen molar-refractivity contribution in [1.82, 2.24) is 5.32 Å². The summed E-state index contributed by atoms with van der Waals surface area (Å²) in [6.45, 7) is 5.54. The normalized spacial score (nSPS) is 19.9. The molecule has 0 saturated carbocycles. The number of carbonyl (C=O) groups is 1. The van der Waals surface area contributed by atoms with E-state index >= 15 is 0 Å². The van der Waals surface area contributed by atoms with Gasteiger partial charge in [-0.15, -0.1) is 0 Å². The maximum atomic E-state index is 12.6. The lowest BCUT2D eigenvalue weighted by molar-refractivity contribution is 0.102. The first-order valence-corrected chi connectivity index (χ1v) is 9.82. The molecule has 27 heavy (non-hydrogen) atoms. The van der Waals surface area contributed by atoms with E-state index in [1.54, 1.807) is 0 Å². The SMILES string of the molecule is O=C(Nc1ccc(N2CCOCC2)cc1)c1cccc(CC2CCNC2)c1. The second kappa shape index (κ2) is 8.55. The van der Waals surface area contributed by atoms with Gasteiger partial charge >= 0.3 is 0 Å². The number of rotatable bonds is 5. The van der Waals surface area contributed by atoms with Crippen molar-refractivity contribution in [3.05, 3.63) is 59.7 Å². The van der Waals surface area contributed by atoms with Gasteiger partial charge in [0, 0.05) is 30.0 Å². The molecule has 0 bridgehead atoms. The molecule has 2 fully saturated rings. The Bertz CT molecular complexity index is 763. The highest BCUT2D eigenvalue weighted by Crippen LogP contribution is 2.20. The van der Waals surface area contributed by atoms with Crippen LogP contribution in [0.2, 0.25) is 0 Å². The van der Waals surface area contributed by atoms with Gasteiger partial charge in [-0.3, -0.25) is 4.79 Å². The van der Waals surface area contributed by atoms with Crippen molar-refractivity contribution >= 4 is 17.3 Å². The van der Waals surface area contributed by atoms with E-state index < -0.39 is 0 Å². The molecule has 5 heteroatoms. The predicted octanol–water partition coefficient (Wildman–Crippen LogP) is 2.93. The van der Waals surface area contributed by atoms with Gasteiger partial charge < -0.3 is 20.3 Å². The maximum absolute atomic E-state index is 12.6. The Morgan fingerprint density at radius 2 is 1.96 bits per heavy atom. The smallest absolute Gasteiger partial charge is 0.255 e. The Morgan fingerprint density at radius 1 is 1.15 bits per heavy atom. The summed E-state index contributed by atoms with van der Waals surface area (Å²) >= 11 is 0. The lowest BCUT2D eigenvalue weighted by Crippen LogP contribution is -2.36. The van der Waals surface area contributed by atoms with E-state index in [2.05, 4.69) is 33.7 Å². The fourth-order valence-electron chi connectivity index (χ4n) is 3.84. The van der Waals surface area contributed by atoms with Crippen molar-refractivity contribution in [2.45, 2.75) is 12.8 Å². The molecular weight excluding hydrogens is 338 g/mol. The van der Waals surface area contributed by atoms with Crippen LogP contribution in [-0.4, -0.2) is 45.3 Å². The third-order valence-corrected chi connectivity index (χ3v) is 5.38. The minimum absolute atomic E-state index is 0.0551. The first-order chi connectivity index (χ1) is 13.3. The van der Waals surface area contributed by atoms with Crippen molar-refractivity contribution in [2.75, 3.05) is 49.6 Å². The van der Waals surface area contributed by atoms with Crippen molar-refractivity contribution in [3.8, 4) is 0 Å². The fraction of sp³-hybridized carbons (Fsp3) is 0.409. The quantitative estimate of drug-likeness (QED) is 0.855. The average Bonchev–Trinajstić information content (AvgIpc) is 3.22. The molecule has 2 aromatic rings. The molecule has 0 aliphatic carbocycles. The molecular formula is C22H27N3O2. The largest absolute Gasteiger partial charge is 0.378 e. The van der Waals surface area contributed by atoms with Crippen LogP contribution >= 0.6 is 0 Å². The Labute approximate surface area is 160 Å². The molecule has 2 heterocycles. The topological polar surface area (TPSA) is 53.6 Å². The molecule has 2 aromatic carbocycles. The van der Waals surface area contributed by atoms with Crippen LogP contribution in [0.5, 0.6) is 0 Å². The minimum Gasteiger partial charge on any atom is -0.378 e. The number of ether oxygens (including phenoxy) is 1. The molecule has 2 N–H and O–H groups in total. The molecule has 1 atom stereocenters. The van der Waals surface area contributed by atoms with Crippen LogP contribution in [0.3, 0.4) is 0 Å². The number of hydrogen-bond acceptors (Lipinski definition) is 4. The molecule has 1 amide bonds. The molecule has 142 valence electrons. The molecule has 0 radical (unpaired) electrons. The zero-order valence-electron chi connectivity index (χ0n) is 15.6. The summed E-state index contributed by atoms with van der Waals surface area (Å²) in [5, 5.41) is 6.42. The van der Waals surface area contributed by atoms with Crippen LogP contribution < -0.4 is 15.5 Å². The van der Waals surface area contributed by atoms with Crippen LogP contribution in [0.4, 0.5) is 11.4 Å². The second-order valence-corrected chi connectivity index (χ2v) is 7.36. The Balaban J connectivity index is 1.38. The summed E-state index contributed by atoms with van der Waals surface area (Å²) in [4.78, 5) is 14.9. The van der Waals surface area contributed by atoms with Crippen molar-refractivity contribution in [2.24, 2.45) is 5.92 Å². The monoisotopic (exact) mass is 365 g/mol. The minimum atomic E-state index is -0.0551. The number of carbonyl (C=O) groups excluding carboxylic acids is 1. The number of amides is 1. The fourth-order valence-corrected chi connectivity index (χ4v) is 3.84. The zero-order chi connectivity index (χ0) is 18.5. The predicted molar refractivity (Wildman–Crippen MR) is 109 cm³/mol. The van der Waals surface area contributed by atoms with E-state index in [4.69, 9.17) is 4.74 Å². The summed E-state index contributed by atoms with van der Waals surface area (Å²) < 4.78 is 5.40. The maximum Gasteiger partial charge on any atom is 0.255 e. The molecule has 1 unspecified atom stereocenters. The third-order valence-electron chi connectivity index (χ3n) is 5.38. The van der Waals surface area contributed by atoms with Gasteiger partial charge in [0.1, 0.15) is 0 Å². The van der Waals surface area contributed by atoms with Gasteiger partial charge in [-0.05, 0) is 73.8 Å². The van der Waals surface area contributed by atoms with E-state index in [0.717, 1.165) is 57.1 Å². The third kappa shape index (κ3) is 4.67. The van der Waals surface area contributed by atoms with Crippen LogP contribution in [0, 0.1) is 5.92 Å². The van der Waals surface area contributed by atoms with Crippen LogP contribution in [0.25, 0.3) is 0 Å². The average molecular weight is 365 g/mol. The van der Waals surface area contributed by atoms with Crippen molar-refractivity contribution in [3.63, 3.8) is 0 Å². The first kappa shape index (κ1) is 18.0. The van der Waals surface area contributed by atoms with E-state index in [1.807, 2.05) is 30.3 Å². The molecule has 2 aliphatic heterocycles. The molecule has 5 nitrogen and oxygen atoms in total. The standard InChI is InChI=1S/C22H27N3O2/c26-22(19-3-1-2-17(15-19)14-18-8-9-23-16-18)24-20-4-6-21(7-5-20)25-10-12-27-13-11-25/h1-7,15,18,23H,8-14,16H2,(H,24,26). The summed E-state index contributed by atoms with van der Waals surface area (Å²) in [6, 6.07) is 16.1. The number of anilines is 2. The van der Waals surface area contributed by atoms with Gasteiger partial charge in [-0.2, -0.15) is 0 Å². The Kier molecular flexibility index (Phi) is 5.70. The first-order valence-electron chi connectivity index (χ1n) is 9.82. The molecule has 0 aromatic heterocycles. The van der Waals surface area contributed by atoms with Crippen LogP contribution in [0.15, 0.2) is 48.5 Å². The van der Waals surface area contributed by atoms with Gasteiger partial charge in [0.05, 0.1) is 13.2 Å². The molecule has 0 spiro atoms. The number of benzene rings is 2. The summed E-state index contributed by atoms with van der Waals surface area (Å²) in [7, 11) is 0. The van der Waals surface area contributed by atoms with Gasteiger partial charge in [0.15, 0.2) is 0 Å². The summed E-state index contributed by atoms with van der Waals surface area (Å²) in [5.41, 5.74) is 3.95. The van der Waals surface area contributed by atoms with E-state index in [9.17, 15) is 4.79 Å². The van der Waals surface area contributed by atoms with E-state index in [1.165, 1.54) is 17.7 Å². The van der Waals surface area contributed by atoms with Gasteiger partial charge in [-0.1, -0.05) is 12.1 Å². The second-order valence-electron chi connectivity index (χ2n) is 7.36. The number of hydrogen-bond donors (Lipinski definition) is 2. The number of morpholine rings is 1. The number of nitrogens with one attached hydrogen (secondary N) is 2.